The molecule has 0 saturated carbocycles. The maximum atomic E-state index is 0. The van der Waals surface area contributed by atoms with E-state index in [2.05, 4.69) is 0 Å². The Hall–Kier alpha value is 1.49. The maximum absolute atomic E-state index is 0. The summed E-state index contributed by atoms with van der Waals surface area (Å²) in [7, 11) is 0. The summed E-state index contributed by atoms with van der Waals surface area (Å²) >= 11 is 0. The van der Waals surface area contributed by atoms with Gasteiger partial charge in [-0.2, -0.15) is 0 Å². The summed E-state index contributed by atoms with van der Waals surface area (Å²) in [6.45, 7) is 0. The topological polar surface area (TPSA) is 0 Å². The van der Waals surface area contributed by atoms with Gasteiger partial charge in [-0.15, -0.1) is 0 Å². The summed E-state index contributed by atoms with van der Waals surface area (Å²) in [6.07, 6.45) is 0. The van der Waals surface area contributed by atoms with Crippen LogP contribution in [0.25, 0.3) is 0 Å². The first-order valence-electron chi connectivity index (χ1n) is 0. The van der Waals surface area contributed by atoms with Crippen LogP contribution in [0.2, 0.25) is 0 Å². The molecule has 0 aliphatic rings. The third-order valence-corrected chi connectivity index (χ3v) is 0. The fourth-order valence-corrected chi connectivity index (χ4v) is 0. The third-order valence-electron chi connectivity index (χ3n) is 0. The molecule has 0 spiro atoms. The molecular formula is AlCeF6. The Bertz CT molecular complexity index is 8.49. The molecule has 0 aromatic heterocycles. The minimum absolute atomic E-state index is 0. The molecule has 0 atom stereocenters. The minimum Gasteiger partial charge on any atom is -1.00 e. The first kappa shape index (κ1) is 308. The van der Waals surface area contributed by atoms with Crippen LogP contribution in [0, 0.1) is 41.7 Å². The monoisotopic (exact) mass is 281 g/mol. The molecule has 0 aromatic carbocycles. The number of rotatable bonds is 0. The van der Waals surface area contributed by atoms with E-state index >= 15 is 0 Å². The van der Waals surface area contributed by atoms with E-state index in [-0.39, 0.29) is 87.3 Å². The maximum Gasteiger partial charge on any atom is 3.00 e. The van der Waals surface area contributed by atoms with Gasteiger partial charge in [0.2, 0.25) is 0 Å². The predicted molar refractivity (Wildman–Crippen MR) is 5.75 cm³/mol. The SMILES string of the molecule is [Al+3].[Ce+3].[F-].[F-].[F-].[F-].[F-].[F-]. The van der Waals surface area contributed by atoms with Crippen LogP contribution in [-0.4, -0.2) is 17.4 Å². The summed E-state index contributed by atoms with van der Waals surface area (Å²) in [5.74, 6) is 0. The molecule has 0 aromatic rings. The number of hydrogen-bond acceptors (Lipinski definition) is 0. The molecule has 0 fully saturated rings. The Morgan fingerprint density at radius 2 is 0.375 bits per heavy atom. The van der Waals surface area contributed by atoms with Gasteiger partial charge in [-0.05, 0) is 0 Å². The van der Waals surface area contributed by atoms with Gasteiger partial charge >= 0.3 is 59.1 Å². The van der Waals surface area contributed by atoms with E-state index in [9.17, 15) is 0 Å². The van der Waals surface area contributed by atoms with E-state index in [1.165, 1.54) is 0 Å². The Morgan fingerprint density at radius 1 is 0.375 bits per heavy atom. The standard InChI is InChI=1S/Al.Ce.6FH/h;;6*1H/q2*+3;;;;;;/p-6. The fourth-order valence-electron chi connectivity index (χ4n) is 0. The molecule has 0 amide bonds. The van der Waals surface area contributed by atoms with Gasteiger partial charge in [0.05, 0.1) is 0 Å². The largest absolute Gasteiger partial charge is 3.00 e. The average Bonchev–Trinajstić information content (AvgIpc) is 0. The van der Waals surface area contributed by atoms with Gasteiger partial charge in [0, 0.05) is 0 Å². The molecule has 49 valence electrons. The van der Waals surface area contributed by atoms with Gasteiger partial charge in [-0.3, -0.25) is 0 Å². The molecule has 0 N–H and O–H groups in total. The van der Waals surface area contributed by atoms with Crippen LogP contribution in [0.4, 0.5) is 0 Å². The first-order valence-corrected chi connectivity index (χ1v) is 0. The smallest absolute Gasteiger partial charge is 1.00 e. The van der Waals surface area contributed by atoms with Crippen LogP contribution in [0.15, 0.2) is 0 Å². The van der Waals surface area contributed by atoms with Crippen LogP contribution < -0.4 is 28.2 Å². The molecule has 0 saturated heterocycles. The molecule has 8 heavy (non-hydrogen) atoms. The zero-order valence-corrected chi connectivity index (χ0v) is 7.64. The molecular weight excluding hydrogens is 281 g/mol. The van der Waals surface area contributed by atoms with Crippen molar-refractivity contribution in [3.8, 4) is 0 Å². The second-order valence-corrected chi connectivity index (χ2v) is 0. The second-order valence-electron chi connectivity index (χ2n) is 0. The van der Waals surface area contributed by atoms with Crippen LogP contribution in [-0.2, 0) is 0 Å². The Morgan fingerprint density at radius 3 is 0.375 bits per heavy atom. The van der Waals surface area contributed by atoms with E-state index in [1.807, 2.05) is 0 Å². The van der Waals surface area contributed by atoms with Crippen molar-refractivity contribution >= 4 is 17.4 Å². The molecule has 8 heteroatoms. The van der Waals surface area contributed by atoms with E-state index < -0.39 is 0 Å². The predicted octanol–water partition coefficient (Wildman–Crippen LogP) is -18.4. The molecule has 0 rings (SSSR count). The zero-order valence-electron chi connectivity index (χ0n) is 3.35. The quantitative estimate of drug-likeness (QED) is 0.306. The van der Waals surface area contributed by atoms with Crippen molar-refractivity contribution in [2.45, 2.75) is 0 Å². The van der Waals surface area contributed by atoms with Gasteiger partial charge < -0.3 is 28.2 Å². The van der Waals surface area contributed by atoms with Crippen LogP contribution >= 0.6 is 0 Å². The van der Waals surface area contributed by atoms with Crippen LogP contribution in [0.5, 0.6) is 0 Å². The molecule has 0 aliphatic heterocycles. The van der Waals surface area contributed by atoms with Crippen molar-refractivity contribution in [2.24, 2.45) is 0 Å². The fraction of sp³-hybridized carbons (Fsp3) is 0. The van der Waals surface area contributed by atoms with Crippen molar-refractivity contribution in [1.82, 2.24) is 0 Å². The molecule has 1 radical (unpaired) electrons. The Labute approximate surface area is 86.5 Å². The van der Waals surface area contributed by atoms with Crippen molar-refractivity contribution in [2.75, 3.05) is 0 Å². The van der Waals surface area contributed by atoms with E-state index in [4.69, 9.17) is 0 Å². The summed E-state index contributed by atoms with van der Waals surface area (Å²) in [6, 6.07) is 0. The molecule has 0 bridgehead atoms. The van der Waals surface area contributed by atoms with Gasteiger partial charge in [0.15, 0.2) is 0 Å². The molecule has 0 nitrogen and oxygen atoms in total. The summed E-state index contributed by atoms with van der Waals surface area (Å²) < 4.78 is 0. The average molecular weight is 281 g/mol. The Balaban J connectivity index is 0. The second kappa shape index (κ2) is 215. The van der Waals surface area contributed by atoms with Crippen LogP contribution in [0.1, 0.15) is 0 Å². The molecule has 0 unspecified atom stereocenters. The van der Waals surface area contributed by atoms with Crippen molar-refractivity contribution in [1.29, 1.82) is 0 Å². The number of halogens is 6. The van der Waals surface area contributed by atoms with E-state index in [0.29, 0.717) is 0 Å². The van der Waals surface area contributed by atoms with Gasteiger partial charge in [0.1, 0.15) is 0 Å². The van der Waals surface area contributed by atoms with Crippen LogP contribution in [0.3, 0.4) is 0 Å². The van der Waals surface area contributed by atoms with Crippen molar-refractivity contribution in [3.63, 3.8) is 0 Å². The zero-order chi connectivity index (χ0) is 0. The van der Waals surface area contributed by atoms with Gasteiger partial charge in [-0.25, -0.2) is 0 Å². The van der Waals surface area contributed by atoms with E-state index in [0.717, 1.165) is 0 Å². The Kier molecular flexibility index (Phi) is 8280. The summed E-state index contributed by atoms with van der Waals surface area (Å²) in [5.41, 5.74) is 0. The number of hydrogen-bond donors (Lipinski definition) is 0. The van der Waals surface area contributed by atoms with Crippen molar-refractivity contribution < 1.29 is 70.0 Å². The molecule has 0 heterocycles. The van der Waals surface area contributed by atoms with Crippen molar-refractivity contribution in [3.05, 3.63) is 0 Å². The van der Waals surface area contributed by atoms with Gasteiger partial charge in [-0.1, -0.05) is 0 Å². The minimum atomic E-state index is 0. The van der Waals surface area contributed by atoms with Gasteiger partial charge in [0.25, 0.3) is 0 Å². The third kappa shape index (κ3) is 142. The normalized spacial score (nSPS) is 0. The first-order chi connectivity index (χ1) is 0. The summed E-state index contributed by atoms with van der Waals surface area (Å²) in [4.78, 5) is 0. The molecule has 0 aliphatic carbocycles. The van der Waals surface area contributed by atoms with E-state index in [1.54, 1.807) is 0 Å². The summed E-state index contributed by atoms with van der Waals surface area (Å²) in [5, 5.41) is 0.